The summed E-state index contributed by atoms with van der Waals surface area (Å²) < 4.78 is 11.4. The second kappa shape index (κ2) is 7.11. The van der Waals surface area contributed by atoms with Crippen molar-refractivity contribution in [2.45, 2.75) is 65.1 Å². The number of allylic oxidation sites excluding steroid dienone is 1. The van der Waals surface area contributed by atoms with Crippen molar-refractivity contribution in [3.63, 3.8) is 0 Å². The molecule has 1 heterocycles. The van der Waals surface area contributed by atoms with E-state index in [1.165, 1.54) is 0 Å². The number of likely N-dealkylation sites (tertiary alicyclic amines) is 1. The minimum Gasteiger partial charge on any atom is -0.444 e. The van der Waals surface area contributed by atoms with E-state index in [0.29, 0.717) is 19.7 Å². The molecule has 0 aromatic rings. The molecule has 20 heavy (non-hydrogen) atoms. The summed E-state index contributed by atoms with van der Waals surface area (Å²) in [5.41, 5.74) is -0.517. The average molecular weight is 283 g/mol. The lowest BCUT2D eigenvalue weighted by molar-refractivity contribution is -0.0764. The molecule has 1 aliphatic rings. The van der Waals surface area contributed by atoms with Crippen LogP contribution in [0.25, 0.3) is 0 Å². The summed E-state index contributed by atoms with van der Waals surface area (Å²) in [5.74, 6) is 0. The van der Waals surface area contributed by atoms with Gasteiger partial charge in [0.1, 0.15) is 5.60 Å². The lowest BCUT2D eigenvalue weighted by Crippen LogP contribution is -2.49. The lowest BCUT2D eigenvalue weighted by atomic mass is 9.88. The van der Waals surface area contributed by atoms with Gasteiger partial charge in [-0.2, -0.15) is 0 Å². The van der Waals surface area contributed by atoms with Crippen LogP contribution in [0.5, 0.6) is 0 Å². The van der Waals surface area contributed by atoms with Gasteiger partial charge in [0.2, 0.25) is 0 Å². The Morgan fingerprint density at radius 2 is 1.90 bits per heavy atom. The Balaban J connectivity index is 2.50. The molecule has 0 N–H and O–H groups in total. The van der Waals surface area contributed by atoms with Gasteiger partial charge in [-0.15, -0.1) is 0 Å². The molecule has 116 valence electrons. The summed E-state index contributed by atoms with van der Waals surface area (Å²) in [6.07, 6.45) is 6.54. The van der Waals surface area contributed by atoms with E-state index in [9.17, 15) is 4.79 Å². The number of ether oxygens (including phenoxy) is 2. The number of nitrogens with zero attached hydrogens (tertiary/aromatic N) is 1. The number of rotatable bonds is 4. The van der Waals surface area contributed by atoms with Crippen LogP contribution in [0.2, 0.25) is 0 Å². The first kappa shape index (κ1) is 17.0. The molecule has 1 fully saturated rings. The van der Waals surface area contributed by atoms with E-state index < -0.39 is 5.60 Å². The van der Waals surface area contributed by atoms with Crippen molar-refractivity contribution in [2.24, 2.45) is 0 Å². The molecule has 1 saturated heterocycles. The maximum Gasteiger partial charge on any atom is 0.410 e. The molecule has 0 unspecified atom stereocenters. The number of carbonyl (C=O) groups is 1. The van der Waals surface area contributed by atoms with Gasteiger partial charge in [-0.3, -0.25) is 0 Å². The molecular formula is C16H29NO3. The maximum absolute atomic E-state index is 12.0. The van der Waals surface area contributed by atoms with Crippen molar-refractivity contribution in [2.75, 3.05) is 19.7 Å². The minimum absolute atomic E-state index is 0.0853. The SMILES string of the molecule is C/C=C/COC1(CC)CCN(C(=O)OC(C)(C)C)CC1. The second-order valence-corrected chi connectivity index (χ2v) is 6.38. The summed E-state index contributed by atoms with van der Waals surface area (Å²) in [5, 5.41) is 0. The maximum atomic E-state index is 12.0. The number of amides is 1. The van der Waals surface area contributed by atoms with E-state index in [1.54, 1.807) is 4.90 Å². The summed E-state index contributed by atoms with van der Waals surface area (Å²) in [4.78, 5) is 13.8. The molecule has 0 aromatic carbocycles. The van der Waals surface area contributed by atoms with Crippen molar-refractivity contribution in [3.05, 3.63) is 12.2 Å². The average Bonchev–Trinajstić information content (AvgIpc) is 2.38. The zero-order valence-corrected chi connectivity index (χ0v) is 13.6. The van der Waals surface area contributed by atoms with Crippen molar-refractivity contribution in [1.82, 2.24) is 4.90 Å². The van der Waals surface area contributed by atoms with E-state index in [0.717, 1.165) is 19.3 Å². The van der Waals surface area contributed by atoms with Gasteiger partial charge >= 0.3 is 6.09 Å². The largest absolute Gasteiger partial charge is 0.444 e. The summed E-state index contributed by atoms with van der Waals surface area (Å²) in [6, 6.07) is 0. The van der Waals surface area contributed by atoms with Crippen LogP contribution in [0.3, 0.4) is 0 Å². The molecule has 1 amide bonds. The third-order valence-corrected chi connectivity index (χ3v) is 3.69. The molecule has 0 bridgehead atoms. The summed E-state index contributed by atoms with van der Waals surface area (Å²) in [7, 11) is 0. The van der Waals surface area contributed by atoms with Gasteiger partial charge in [-0.1, -0.05) is 19.1 Å². The molecule has 0 saturated carbocycles. The first-order chi connectivity index (χ1) is 9.32. The van der Waals surface area contributed by atoms with E-state index in [-0.39, 0.29) is 11.7 Å². The molecule has 0 aromatic heterocycles. The van der Waals surface area contributed by atoms with Crippen LogP contribution in [0, 0.1) is 0 Å². The highest BCUT2D eigenvalue weighted by Gasteiger charge is 2.36. The highest BCUT2D eigenvalue weighted by Crippen LogP contribution is 2.30. The van der Waals surface area contributed by atoms with E-state index in [2.05, 4.69) is 6.92 Å². The highest BCUT2D eigenvalue weighted by atomic mass is 16.6. The topological polar surface area (TPSA) is 38.8 Å². The standard InChI is InChI=1S/C16H29NO3/c1-6-8-13-19-16(7-2)9-11-17(12-10-16)14(18)20-15(3,4)5/h6,8H,7,9-13H2,1-5H3/b8-6+. The molecular weight excluding hydrogens is 254 g/mol. The Bertz CT molecular complexity index is 336. The van der Waals surface area contributed by atoms with Gasteiger partial charge in [-0.25, -0.2) is 4.79 Å². The Morgan fingerprint density at radius 1 is 1.30 bits per heavy atom. The van der Waals surface area contributed by atoms with Gasteiger partial charge in [0, 0.05) is 13.1 Å². The van der Waals surface area contributed by atoms with E-state index in [1.807, 2.05) is 39.8 Å². The van der Waals surface area contributed by atoms with Crippen molar-refractivity contribution in [3.8, 4) is 0 Å². The van der Waals surface area contributed by atoms with Gasteiger partial charge in [0.05, 0.1) is 12.2 Å². The third-order valence-electron chi connectivity index (χ3n) is 3.69. The summed E-state index contributed by atoms with van der Waals surface area (Å²) >= 11 is 0. The smallest absolute Gasteiger partial charge is 0.410 e. The first-order valence-electron chi connectivity index (χ1n) is 7.55. The Morgan fingerprint density at radius 3 is 2.35 bits per heavy atom. The summed E-state index contributed by atoms with van der Waals surface area (Å²) in [6.45, 7) is 11.9. The third kappa shape index (κ3) is 5.16. The van der Waals surface area contributed by atoms with Crippen LogP contribution in [0.15, 0.2) is 12.2 Å². The van der Waals surface area contributed by atoms with Crippen LogP contribution in [0.1, 0.15) is 53.9 Å². The highest BCUT2D eigenvalue weighted by molar-refractivity contribution is 5.68. The van der Waals surface area contributed by atoms with Crippen LogP contribution in [-0.4, -0.2) is 41.9 Å². The second-order valence-electron chi connectivity index (χ2n) is 6.38. The number of carbonyl (C=O) groups excluding carboxylic acids is 1. The van der Waals surface area contributed by atoms with Gasteiger partial charge < -0.3 is 14.4 Å². The van der Waals surface area contributed by atoms with Crippen molar-refractivity contribution >= 4 is 6.09 Å². The zero-order valence-electron chi connectivity index (χ0n) is 13.6. The molecule has 4 nitrogen and oxygen atoms in total. The van der Waals surface area contributed by atoms with Gasteiger partial charge in [0.25, 0.3) is 0 Å². The molecule has 1 rings (SSSR count). The van der Waals surface area contributed by atoms with Crippen LogP contribution < -0.4 is 0 Å². The molecule has 0 aliphatic carbocycles. The fraction of sp³-hybridized carbons (Fsp3) is 0.812. The first-order valence-corrected chi connectivity index (χ1v) is 7.55. The molecule has 0 radical (unpaired) electrons. The van der Waals surface area contributed by atoms with Crippen molar-refractivity contribution < 1.29 is 14.3 Å². The normalized spacial score (nSPS) is 19.4. The zero-order chi connectivity index (χ0) is 15.2. The predicted molar refractivity (Wildman–Crippen MR) is 80.8 cm³/mol. The number of hydrogen-bond acceptors (Lipinski definition) is 3. The molecule has 1 aliphatic heterocycles. The fourth-order valence-electron chi connectivity index (χ4n) is 2.34. The Kier molecular flexibility index (Phi) is 6.06. The Hall–Kier alpha value is -1.03. The van der Waals surface area contributed by atoms with Gasteiger partial charge in [0.15, 0.2) is 0 Å². The monoisotopic (exact) mass is 283 g/mol. The van der Waals surface area contributed by atoms with Crippen molar-refractivity contribution in [1.29, 1.82) is 0 Å². The van der Waals surface area contributed by atoms with Crippen LogP contribution in [-0.2, 0) is 9.47 Å². The molecule has 0 atom stereocenters. The lowest BCUT2D eigenvalue weighted by Gasteiger charge is -2.41. The predicted octanol–water partition coefficient (Wildman–Crippen LogP) is 3.76. The van der Waals surface area contributed by atoms with Crippen LogP contribution >= 0.6 is 0 Å². The number of piperidine rings is 1. The molecule has 0 spiro atoms. The Labute approximate surface area is 123 Å². The van der Waals surface area contributed by atoms with E-state index in [4.69, 9.17) is 9.47 Å². The quantitative estimate of drug-likeness (QED) is 0.737. The minimum atomic E-state index is -0.432. The molecule has 4 heteroatoms. The fourth-order valence-corrected chi connectivity index (χ4v) is 2.34. The van der Waals surface area contributed by atoms with E-state index >= 15 is 0 Å². The van der Waals surface area contributed by atoms with Gasteiger partial charge in [-0.05, 0) is 47.0 Å². The number of hydrogen-bond donors (Lipinski definition) is 0. The van der Waals surface area contributed by atoms with Crippen LogP contribution in [0.4, 0.5) is 4.79 Å².